The van der Waals surface area contributed by atoms with E-state index in [1.54, 1.807) is 29.2 Å². The summed E-state index contributed by atoms with van der Waals surface area (Å²) in [5.41, 5.74) is 6.35. The number of benzene rings is 4. The number of likely N-dealkylation sites (tertiary alicyclic amines) is 1. The first-order chi connectivity index (χ1) is 25.8. The summed E-state index contributed by atoms with van der Waals surface area (Å²) in [5.74, 6) is -0.493. The Bertz CT molecular complexity index is 2160. The molecule has 0 unspecified atom stereocenters. The molecule has 5 aromatic rings. The van der Waals surface area contributed by atoms with Gasteiger partial charge >= 0.3 is 0 Å². The van der Waals surface area contributed by atoms with Crippen LogP contribution < -0.4 is 10.2 Å². The Morgan fingerprint density at radius 1 is 0.704 bits per heavy atom. The van der Waals surface area contributed by atoms with Crippen LogP contribution in [0.15, 0.2) is 109 Å². The summed E-state index contributed by atoms with van der Waals surface area (Å²) < 4.78 is 2.06. The number of halogens is 2. The maximum atomic E-state index is 14.3. The summed E-state index contributed by atoms with van der Waals surface area (Å²) in [7, 11) is 2.18. The first kappa shape index (κ1) is 37.4. The van der Waals surface area contributed by atoms with E-state index in [1.165, 1.54) is 0 Å². The zero-order chi connectivity index (χ0) is 36.5. The van der Waals surface area contributed by atoms with Gasteiger partial charge in [-0.25, -0.2) is 0 Å². The number of hydrogen-bond donors (Lipinski definition) is 1. The highest BCUT2D eigenvalue weighted by molar-refractivity contribution is 6.35. The van der Waals surface area contributed by atoms with Crippen LogP contribution in [-0.4, -0.2) is 89.3 Å². The van der Waals surface area contributed by atoms with Crippen molar-refractivity contribution in [1.82, 2.24) is 19.3 Å². The zero-order valence-corrected chi connectivity index (χ0v) is 31.9. The molecular formula is C43H44Cl2N6O3. The lowest BCUT2D eigenvalue weighted by atomic mass is 9.99. The second-order valence-corrected chi connectivity index (χ2v) is 14.6. The lowest BCUT2D eigenvalue weighted by molar-refractivity contribution is 0.0511. The van der Waals surface area contributed by atoms with Crippen LogP contribution in [0.1, 0.15) is 55.3 Å². The first-order valence-corrected chi connectivity index (χ1v) is 18.8. The van der Waals surface area contributed by atoms with Gasteiger partial charge in [0, 0.05) is 67.9 Å². The number of piperidine rings is 1. The third kappa shape index (κ3) is 7.54. The highest BCUT2D eigenvalue weighted by atomic mass is 35.5. The lowest BCUT2D eigenvalue weighted by Crippen LogP contribution is -2.53. The number of para-hydroxylation sites is 1. The maximum Gasteiger partial charge on any atom is 0.270 e. The van der Waals surface area contributed by atoms with Gasteiger partial charge in [-0.15, -0.1) is 12.4 Å². The van der Waals surface area contributed by atoms with Crippen molar-refractivity contribution < 1.29 is 14.4 Å². The molecule has 3 aliphatic heterocycles. The fourth-order valence-corrected chi connectivity index (χ4v) is 8.23. The Labute approximate surface area is 327 Å². The number of hydrogen-bond acceptors (Lipinski definition) is 5. The highest BCUT2D eigenvalue weighted by Crippen LogP contribution is 2.33. The quantitative estimate of drug-likeness (QED) is 0.193. The molecule has 0 spiro atoms. The van der Waals surface area contributed by atoms with Gasteiger partial charge in [0.1, 0.15) is 5.69 Å². The van der Waals surface area contributed by atoms with Gasteiger partial charge in [-0.2, -0.15) is 0 Å². The zero-order valence-electron chi connectivity index (χ0n) is 30.3. The minimum absolute atomic E-state index is 0. The number of rotatable bonds is 6. The second kappa shape index (κ2) is 16.2. The lowest BCUT2D eigenvalue weighted by Gasteiger charge is -2.42. The summed E-state index contributed by atoms with van der Waals surface area (Å²) in [6, 6.07) is 34.4. The Balaban J connectivity index is 0.00000450. The fraction of sp³-hybridized carbons (Fsp3) is 0.279. The predicted octanol–water partition coefficient (Wildman–Crippen LogP) is 7.54. The van der Waals surface area contributed by atoms with E-state index in [1.807, 2.05) is 89.8 Å². The minimum Gasteiger partial charge on any atom is -0.337 e. The van der Waals surface area contributed by atoms with Gasteiger partial charge in [0.2, 0.25) is 0 Å². The predicted molar refractivity (Wildman–Crippen MR) is 217 cm³/mol. The van der Waals surface area contributed by atoms with Gasteiger partial charge in [0.05, 0.1) is 23.7 Å². The second-order valence-electron chi connectivity index (χ2n) is 14.2. The Kier molecular flexibility index (Phi) is 11.2. The molecule has 1 N–H and O–H groups in total. The van der Waals surface area contributed by atoms with E-state index in [2.05, 4.69) is 26.7 Å². The molecule has 1 aromatic heterocycles. The highest BCUT2D eigenvalue weighted by Gasteiger charge is 2.32. The van der Waals surface area contributed by atoms with Crippen molar-refractivity contribution in [3.63, 3.8) is 0 Å². The van der Waals surface area contributed by atoms with Crippen molar-refractivity contribution in [2.75, 3.05) is 56.5 Å². The van der Waals surface area contributed by atoms with Crippen molar-refractivity contribution in [1.29, 1.82) is 0 Å². The van der Waals surface area contributed by atoms with Crippen LogP contribution in [0.5, 0.6) is 0 Å². The van der Waals surface area contributed by atoms with Crippen LogP contribution in [0.25, 0.3) is 11.1 Å². The molecular weight excluding hydrogens is 719 g/mol. The number of piperazine rings is 1. The Hall–Kier alpha value is -4.93. The molecule has 0 aliphatic carbocycles. The van der Waals surface area contributed by atoms with Crippen LogP contribution in [-0.2, 0) is 13.1 Å². The number of nitrogens with one attached hydrogen (secondary N) is 1. The SMILES string of the molecule is CN1CCN(C2CCN(C(=O)c3ccc4n3Cc3ccccc3N(C(=O)c3ccc(NC(=O)c5ccccc5-c5ccccc5)cc3Cl)C4)CC2)CC1.Cl. The molecule has 4 aromatic carbocycles. The summed E-state index contributed by atoms with van der Waals surface area (Å²) in [4.78, 5) is 50.5. The molecule has 3 aliphatic rings. The number of anilines is 2. The molecule has 11 heteroatoms. The smallest absolute Gasteiger partial charge is 0.270 e. The van der Waals surface area contributed by atoms with Crippen molar-refractivity contribution >= 4 is 53.1 Å². The Morgan fingerprint density at radius 2 is 1.41 bits per heavy atom. The van der Waals surface area contributed by atoms with Crippen molar-refractivity contribution in [2.24, 2.45) is 0 Å². The fourth-order valence-electron chi connectivity index (χ4n) is 7.97. The monoisotopic (exact) mass is 762 g/mol. The average molecular weight is 764 g/mol. The molecule has 278 valence electrons. The van der Waals surface area contributed by atoms with Crippen LogP contribution in [0.3, 0.4) is 0 Å². The largest absolute Gasteiger partial charge is 0.337 e. The summed E-state index contributed by atoms with van der Waals surface area (Å²) in [6.45, 7) is 6.61. The van der Waals surface area contributed by atoms with Crippen LogP contribution >= 0.6 is 24.0 Å². The number of carbonyl (C=O) groups is 3. The van der Waals surface area contributed by atoms with E-state index in [-0.39, 0.29) is 41.7 Å². The molecule has 3 amide bonds. The molecule has 0 atom stereocenters. The molecule has 2 saturated heterocycles. The third-order valence-electron chi connectivity index (χ3n) is 11.0. The van der Waals surface area contributed by atoms with Gasteiger partial charge in [-0.05, 0) is 79.0 Å². The van der Waals surface area contributed by atoms with Crippen molar-refractivity contribution in [3.05, 3.63) is 142 Å². The van der Waals surface area contributed by atoms with E-state index < -0.39 is 0 Å². The molecule has 4 heterocycles. The summed E-state index contributed by atoms with van der Waals surface area (Å²) in [5, 5.41) is 3.20. The number of nitrogens with zero attached hydrogens (tertiary/aromatic N) is 5. The first-order valence-electron chi connectivity index (χ1n) is 18.4. The van der Waals surface area contributed by atoms with Gasteiger partial charge in [-0.3, -0.25) is 19.3 Å². The molecule has 0 radical (unpaired) electrons. The number of likely N-dealkylation sites (N-methyl/N-ethyl adjacent to an activating group) is 1. The topological polar surface area (TPSA) is 81.1 Å². The molecule has 0 bridgehead atoms. The van der Waals surface area contributed by atoms with Crippen molar-refractivity contribution in [2.45, 2.75) is 32.0 Å². The van der Waals surface area contributed by atoms with Crippen LogP contribution in [0, 0.1) is 0 Å². The van der Waals surface area contributed by atoms with Gasteiger partial charge in [0.15, 0.2) is 0 Å². The number of aromatic nitrogens is 1. The van der Waals surface area contributed by atoms with E-state index in [0.29, 0.717) is 35.1 Å². The normalized spacial score (nSPS) is 16.5. The van der Waals surface area contributed by atoms with Gasteiger partial charge < -0.3 is 24.6 Å². The van der Waals surface area contributed by atoms with Crippen molar-refractivity contribution in [3.8, 4) is 11.1 Å². The molecule has 54 heavy (non-hydrogen) atoms. The number of carbonyl (C=O) groups excluding carboxylic acids is 3. The maximum absolute atomic E-state index is 14.3. The summed E-state index contributed by atoms with van der Waals surface area (Å²) in [6.07, 6.45) is 1.97. The van der Waals surface area contributed by atoms with Gasteiger partial charge in [0.25, 0.3) is 17.7 Å². The Morgan fingerprint density at radius 3 is 2.17 bits per heavy atom. The van der Waals surface area contributed by atoms with E-state index >= 15 is 0 Å². The summed E-state index contributed by atoms with van der Waals surface area (Å²) >= 11 is 6.81. The molecule has 0 saturated carbocycles. The molecule has 9 nitrogen and oxygen atoms in total. The molecule has 8 rings (SSSR count). The molecule has 2 fully saturated rings. The van der Waals surface area contributed by atoms with Gasteiger partial charge in [-0.1, -0.05) is 78.3 Å². The van der Waals surface area contributed by atoms with Crippen LogP contribution in [0.2, 0.25) is 5.02 Å². The van der Waals surface area contributed by atoms with E-state index in [0.717, 1.165) is 80.2 Å². The third-order valence-corrected chi connectivity index (χ3v) is 11.3. The number of amides is 3. The number of fused-ring (bicyclic) bond motifs is 2. The van der Waals surface area contributed by atoms with E-state index in [4.69, 9.17) is 11.6 Å². The average Bonchev–Trinajstić information content (AvgIpc) is 3.50. The van der Waals surface area contributed by atoms with Crippen LogP contribution in [0.4, 0.5) is 11.4 Å². The minimum atomic E-state index is -0.272. The standard InChI is InChI=1S/C43H43ClN6O3.ClH/c1-46-23-25-47(26-24-46)33-19-21-48(22-20-33)43(53)40-18-16-34-29-50(39-14-8-5-11-31(39)28-49(34)40)42(52)37-17-15-32(27-38(37)44)45-41(51)36-13-7-6-12-35(36)30-9-3-2-4-10-30;/h2-18,27,33H,19-26,28-29H2,1H3,(H,45,51);1H. The van der Waals surface area contributed by atoms with E-state index in [9.17, 15) is 14.4 Å².